The van der Waals surface area contributed by atoms with Gasteiger partial charge in [-0.2, -0.15) is 0 Å². The molecule has 0 aliphatic rings. The summed E-state index contributed by atoms with van der Waals surface area (Å²) in [7, 11) is 0. The van der Waals surface area contributed by atoms with E-state index in [1.165, 1.54) is 22.8 Å². The molecule has 4 nitrogen and oxygen atoms in total. The van der Waals surface area contributed by atoms with Crippen molar-refractivity contribution < 1.29 is 4.39 Å². The second kappa shape index (κ2) is 3.63. The van der Waals surface area contributed by atoms with Crippen LogP contribution in [0.5, 0.6) is 0 Å². The van der Waals surface area contributed by atoms with Gasteiger partial charge < -0.3 is 0 Å². The van der Waals surface area contributed by atoms with E-state index in [1.54, 1.807) is 0 Å². The van der Waals surface area contributed by atoms with Gasteiger partial charge in [0.25, 0.3) is 0 Å². The highest BCUT2D eigenvalue weighted by molar-refractivity contribution is 7.71. The molecule has 0 unspecified atom stereocenters. The summed E-state index contributed by atoms with van der Waals surface area (Å²) in [6.45, 7) is 0. The van der Waals surface area contributed by atoms with Crippen molar-refractivity contribution in [1.29, 1.82) is 0 Å². The molecule has 2 rings (SSSR count). The van der Waals surface area contributed by atoms with E-state index in [1.807, 2.05) is 0 Å². The van der Waals surface area contributed by atoms with Crippen LogP contribution in [-0.4, -0.2) is 14.8 Å². The van der Waals surface area contributed by atoms with Gasteiger partial charge in [0.1, 0.15) is 5.82 Å². The molecule has 0 atom stereocenters. The summed E-state index contributed by atoms with van der Waals surface area (Å²) >= 11 is 10.5. The van der Waals surface area contributed by atoms with Gasteiger partial charge in [-0.05, 0) is 30.4 Å². The number of nitrogens with one attached hydrogen (secondary N) is 2. The van der Waals surface area contributed by atoms with Crippen molar-refractivity contribution in [3.05, 3.63) is 44.3 Å². The Balaban J connectivity index is 2.70. The van der Waals surface area contributed by atoms with Gasteiger partial charge >= 0.3 is 5.69 Å². The Hall–Kier alpha value is -1.40. The number of aromatic nitrogens is 3. The lowest BCUT2D eigenvalue weighted by Crippen LogP contribution is -2.14. The van der Waals surface area contributed by atoms with Crippen molar-refractivity contribution in [3.8, 4) is 5.69 Å². The predicted molar refractivity (Wildman–Crippen MR) is 56.5 cm³/mol. The molecule has 0 saturated heterocycles. The quantitative estimate of drug-likeness (QED) is 0.756. The van der Waals surface area contributed by atoms with Crippen molar-refractivity contribution in [3.63, 3.8) is 0 Å². The molecule has 2 N–H and O–H groups in total. The largest absolute Gasteiger partial charge is 0.347 e. The molecule has 2 aromatic rings. The number of rotatable bonds is 1. The average Bonchev–Trinajstić information content (AvgIpc) is 2.52. The molecule has 1 aromatic heterocycles. The number of benzene rings is 1. The normalized spacial score (nSPS) is 10.5. The lowest BCUT2D eigenvalue weighted by Gasteiger charge is -2.01. The predicted octanol–water partition coefficient (Wildman–Crippen LogP) is 2.02. The van der Waals surface area contributed by atoms with Gasteiger partial charge in [-0.15, -0.1) is 0 Å². The molecule has 78 valence electrons. The molecule has 1 aromatic carbocycles. The summed E-state index contributed by atoms with van der Waals surface area (Å²) in [6, 6.07) is 3.92. The van der Waals surface area contributed by atoms with Gasteiger partial charge in [0.15, 0.2) is 0 Å². The third-order valence-electron chi connectivity index (χ3n) is 1.84. The number of H-pyrrole nitrogens is 2. The van der Waals surface area contributed by atoms with Crippen LogP contribution in [-0.2, 0) is 0 Å². The van der Waals surface area contributed by atoms with E-state index in [9.17, 15) is 9.18 Å². The maximum Gasteiger partial charge on any atom is 0.347 e. The first kappa shape index (κ1) is 10.1. The summed E-state index contributed by atoms with van der Waals surface area (Å²) < 4.78 is 14.3. The zero-order chi connectivity index (χ0) is 11.0. The Bertz CT molecular complexity index is 587. The molecule has 0 aliphatic heterocycles. The van der Waals surface area contributed by atoms with Crippen LogP contribution in [0.15, 0.2) is 23.0 Å². The number of hydrogen-bond donors (Lipinski definition) is 2. The summed E-state index contributed by atoms with van der Waals surface area (Å²) in [5.74, 6) is -0.543. The second-order valence-corrected chi connectivity index (χ2v) is 3.59. The highest BCUT2D eigenvalue weighted by Gasteiger charge is 2.06. The van der Waals surface area contributed by atoms with Crippen LogP contribution in [0, 0.1) is 10.6 Å². The Morgan fingerprint density at radius 3 is 2.67 bits per heavy atom. The molecule has 0 radical (unpaired) electrons. The Morgan fingerprint density at radius 2 is 2.13 bits per heavy atom. The number of aromatic amines is 2. The maximum atomic E-state index is 12.9. The number of halogens is 2. The molecule has 7 heteroatoms. The van der Waals surface area contributed by atoms with E-state index in [0.717, 1.165) is 0 Å². The zero-order valence-electron chi connectivity index (χ0n) is 7.25. The molecule has 15 heavy (non-hydrogen) atoms. The van der Waals surface area contributed by atoms with Crippen LogP contribution in [0.2, 0.25) is 5.02 Å². The van der Waals surface area contributed by atoms with Gasteiger partial charge in [-0.25, -0.2) is 18.9 Å². The number of hydrogen-bond acceptors (Lipinski definition) is 2. The highest BCUT2D eigenvalue weighted by atomic mass is 35.5. The summed E-state index contributed by atoms with van der Waals surface area (Å²) in [5, 5.41) is 4.72. The van der Waals surface area contributed by atoms with Crippen LogP contribution in [0.25, 0.3) is 5.69 Å². The topological polar surface area (TPSA) is 53.6 Å². The average molecular weight is 246 g/mol. The first-order valence-corrected chi connectivity index (χ1v) is 4.73. The van der Waals surface area contributed by atoms with Gasteiger partial charge in [0, 0.05) is 0 Å². The molecular weight excluding hydrogens is 241 g/mol. The van der Waals surface area contributed by atoms with E-state index in [4.69, 9.17) is 23.8 Å². The van der Waals surface area contributed by atoms with Crippen molar-refractivity contribution in [2.45, 2.75) is 0 Å². The third-order valence-corrected chi connectivity index (χ3v) is 2.42. The second-order valence-electron chi connectivity index (χ2n) is 2.79. The summed E-state index contributed by atoms with van der Waals surface area (Å²) in [4.78, 5) is 11.3. The highest BCUT2D eigenvalue weighted by Crippen LogP contribution is 2.17. The minimum Gasteiger partial charge on any atom is -0.272 e. The van der Waals surface area contributed by atoms with Gasteiger partial charge in [0.2, 0.25) is 4.77 Å². The van der Waals surface area contributed by atoms with E-state index in [2.05, 4.69) is 10.2 Å². The van der Waals surface area contributed by atoms with Crippen molar-refractivity contribution in [2.24, 2.45) is 0 Å². The molecule has 0 bridgehead atoms. The molecule has 1 heterocycles. The van der Waals surface area contributed by atoms with Crippen molar-refractivity contribution in [1.82, 2.24) is 14.8 Å². The Morgan fingerprint density at radius 1 is 1.40 bits per heavy atom. The van der Waals surface area contributed by atoms with E-state index >= 15 is 0 Å². The Kier molecular flexibility index (Phi) is 2.45. The first-order chi connectivity index (χ1) is 7.09. The fraction of sp³-hybridized carbons (Fsp3) is 0. The molecule has 0 saturated carbocycles. The lowest BCUT2D eigenvalue weighted by molar-refractivity contribution is 0.627. The van der Waals surface area contributed by atoms with Crippen LogP contribution in [0.3, 0.4) is 0 Å². The van der Waals surface area contributed by atoms with Crippen molar-refractivity contribution >= 4 is 23.8 Å². The minimum absolute atomic E-state index is 0.0602. The number of nitrogens with zero attached hydrogens (tertiary/aromatic N) is 1. The molecule has 0 aliphatic carbocycles. The fourth-order valence-corrected chi connectivity index (χ4v) is 1.58. The van der Waals surface area contributed by atoms with Crippen LogP contribution < -0.4 is 5.69 Å². The standard InChI is InChI=1S/C8H5ClFN3OS/c9-5-3-4(1-2-6(5)10)13-7(14)11-12-8(13)15/h1-3H,(H,11,14)(H,12,15). The molecule has 0 fully saturated rings. The monoisotopic (exact) mass is 245 g/mol. The van der Waals surface area contributed by atoms with Crippen molar-refractivity contribution in [2.75, 3.05) is 0 Å². The van der Waals surface area contributed by atoms with Crippen LogP contribution >= 0.6 is 23.8 Å². The van der Waals surface area contributed by atoms with E-state index in [0.29, 0.717) is 5.69 Å². The third kappa shape index (κ3) is 1.73. The SMILES string of the molecule is O=c1[nH][nH]c(=S)n1-c1ccc(F)c(Cl)c1. The Labute approximate surface area is 93.3 Å². The minimum atomic E-state index is -0.543. The van der Waals surface area contributed by atoms with E-state index < -0.39 is 11.5 Å². The summed E-state index contributed by atoms with van der Waals surface area (Å²) in [5.41, 5.74) is -0.0171. The van der Waals surface area contributed by atoms with Gasteiger partial charge in [-0.1, -0.05) is 11.6 Å². The van der Waals surface area contributed by atoms with Crippen LogP contribution in [0.1, 0.15) is 0 Å². The van der Waals surface area contributed by atoms with Gasteiger partial charge in [-0.3, -0.25) is 5.10 Å². The maximum absolute atomic E-state index is 12.9. The lowest BCUT2D eigenvalue weighted by atomic mass is 10.3. The molecular formula is C8H5ClFN3OS. The molecule has 0 spiro atoms. The fourth-order valence-electron chi connectivity index (χ4n) is 1.17. The summed E-state index contributed by atoms with van der Waals surface area (Å²) in [6.07, 6.45) is 0. The molecule has 0 amide bonds. The van der Waals surface area contributed by atoms with Crippen LogP contribution in [0.4, 0.5) is 4.39 Å². The van der Waals surface area contributed by atoms with Gasteiger partial charge in [0.05, 0.1) is 10.7 Å². The smallest absolute Gasteiger partial charge is 0.272 e. The zero-order valence-corrected chi connectivity index (χ0v) is 8.82. The first-order valence-electron chi connectivity index (χ1n) is 3.95. The van der Waals surface area contributed by atoms with E-state index in [-0.39, 0.29) is 9.79 Å².